The molecule has 0 fully saturated rings. The SMILES string of the molecule is C=C[C@@H](CO[Si](c1ccccc1)(c1ccccc1)C(C)(C)C)C[C@H](C)S(=O)(=O)c1ncccn1. The van der Waals surface area contributed by atoms with Crippen molar-refractivity contribution in [2.24, 2.45) is 5.92 Å². The van der Waals surface area contributed by atoms with E-state index in [4.69, 9.17) is 4.43 Å². The summed E-state index contributed by atoms with van der Waals surface area (Å²) in [7, 11) is -6.36. The number of hydrogen-bond acceptors (Lipinski definition) is 5. The van der Waals surface area contributed by atoms with Crippen LogP contribution in [0.4, 0.5) is 0 Å². The highest BCUT2D eigenvalue weighted by molar-refractivity contribution is 7.91. The molecule has 0 radical (unpaired) electrons. The summed E-state index contributed by atoms with van der Waals surface area (Å²) in [5.41, 5.74) is 0. The topological polar surface area (TPSA) is 69.2 Å². The first-order valence-electron chi connectivity index (χ1n) is 11.5. The molecule has 0 N–H and O–H groups in total. The van der Waals surface area contributed by atoms with Gasteiger partial charge in [0.05, 0.1) is 5.25 Å². The molecule has 0 saturated heterocycles. The van der Waals surface area contributed by atoms with Gasteiger partial charge in [-0.2, -0.15) is 0 Å². The van der Waals surface area contributed by atoms with Gasteiger partial charge in [-0.05, 0) is 40.7 Å². The summed E-state index contributed by atoms with van der Waals surface area (Å²) in [6.45, 7) is 12.7. The molecule has 0 aliphatic rings. The molecule has 0 amide bonds. The lowest BCUT2D eigenvalue weighted by molar-refractivity contribution is 0.252. The Hall–Kier alpha value is -2.61. The standard InChI is InChI=1S/C27H34N2O3SSi/c1-6-23(20-22(2)33(30,31)26-28-18-13-19-29-26)21-32-34(27(3,4)5,24-14-9-7-10-15-24)25-16-11-8-12-17-25/h6-19,22-23H,1,20-21H2,2-5H3/t22-,23+/m0/s1. The average molecular weight is 495 g/mol. The number of sulfone groups is 1. The molecular formula is C27H34N2O3SSi. The van der Waals surface area contributed by atoms with Crippen molar-refractivity contribution < 1.29 is 12.8 Å². The van der Waals surface area contributed by atoms with Gasteiger partial charge in [-0.15, -0.1) is 6.58 Å². The number of rotatable bonds is 10. The van der Waals surface area contributed by atoms with Crippen LogP contribution in [0, 0.1) is 5.92 Å². The van der Waals surface area contributed by atoms with E-state index in [9.17, 15) is 8.42 Å². The summed E-state index contributed by atoms with van der Waals surface area (Å²) in [4.78, 5) is 7.90. The van der Waals surface area contributed by atoms with Gasteiger partial charge in [-0.3, -0.25) is 0 Å². The fourth-order valence-electron chi connectivity index (χ4n) is 4.39. The van der Waals surface area contributed by atoms with E-state index in [2.05, 4.69) is 85.8 Å². The van der Waals surface area contributed by atoms with Gasteiger partial charge in [0.2, 0.25) is 15.0 Å². The lowest BCUT2D eigenvalue weighted by Crippen LogP contribution is -2.66. The van der Waals surface area contributed by atoms with E-state index in [-0.39, 0.29) is 16.1 Å². The lowest BCUT2D eigenvalue weighted by Gasteiger charge is -2.43. The van der Waals surface area contributed by atoms with Gasteiger partial charge in [0.15, 0.2) is 0 Å². The van der Waals surface area contributed by atoms with Crippen molar-refractivity contribution in [1.29, 1.82) is 0 Å². The van der Waals surface area contributed by atoms with Crippen molar-refractivity contribution in [3.05, 3.63) is 91.8 Å². The minimum atomic E-state index is -3.64. The van der Waals surface area contributed by atoms with Crippen molar-refractivity contribution in [3.8, 4) is 0 Å². The predicted octanol–water partition coefficient (Wildman–Crippen LogP) is 4.41. The Labute approximate surface area is 205 Å². The molecule has 2 atom stereocenters. The van der Waals surface area contributed by atoms with Crippen molar-refractivity contribution in [2.75, 3.05) is 6.61 Å². The Kier molecular flexibility index (Phi) is 8.23. The summed E-state index contributed by atoms with van der Waals surface area (Å²) >= 11 is 0. The summed E-state index contributed by atoms with van der Waals surface area (Å²) in [6.07, 6.45) is 5.07. The summed E-state index contributed by atoms with van der Waals surface area (Å²) < 4.78 is 33.0. The second-order valence-electron chi connectivity index (χ2n) is 9.59. The highest BCUT2D eigenvalue weighted by Gasteiger charge is 2.50. The van der Waals surface area contributed by atoms with Crippen LogP contribution in [0.1, 0.15) is 34.1 Å². The highest BCUT2D eigenvalue weighted by atomic mass is 32.2. The van der Waals surface area contributed by atoms with Crippen LogP contribution < -0.4 is 10.4 Å². The molecule has 34 heavy (non-hydrogen) atoms. The summed E-state index contributed by atoms with van der Waals surface area (Å²) in [5.74, 6) is -0.143. The number of aromatic nitrogens is 2. The van der Waals surface area contributed by atoms with Gasteiger partial charge in [0, 0.05) is 19.0 Å². The minimum Gasteiger partial charge on any atom is -0.407 e. The molecule has 1 heterocycles. The van der Waals surface area contributed by atoms with Crippen LogP contribution in [-0.2, 0) is 14.3 Å². The highest BCUT2D eigenvalue weighted by Crippen LogP contribution is 2.37. The van der Waals surface area contributed by atoms with Crippen LogP contribution >= 0.6 is 0 Å². The molecule has 3 aromatic rings. The monoisotopic (exact) mass is 494 g/mol. The zero-order chi connectivity index (χ0) is 24.8. The van der Waals surface area contributed by atoms with Crippen molar-refractivity contribution in [1.82, 2.24) is 9.97 Å². The number of hydrogen-bond donors (Lipinski definition) is 0. The fourth-order valence-corrected chi connectivity index (χ4v) is 10.3. The largest absolute Gasteiger partial charge is 0.407 e. The van der Waals surface area contributed by atoms with Crippen molar-refractivity contribution in [2.45, 2.75) is 49.6 Å². The molecule has 180 valence electrons. The maximum Gasteiger partial charge on any atom is 0.261 e. The Morgan fingerprint density at radius 1 is 0.941 bits per heavy atom. The van der Waals surface area contributed by atoms with Crippen LogP contribution in [0.3, 0.4) is 0 Å². The molecule has 5 nitrogen and oxygen atoms in total. The van der Waals surface area contributed by atoms with E-state index >= 15 is 0 Å². The maximum atomic E-state index is 13.0. The summed E-state index contributed by atoms with van der Waals surface area (Å²) in [5, 5.41) is 1.42. The number of nitrogens with zero attached hydrogens (tertiary/aromatic N) is 2. The molecule has 0 aliphatic heterocycles. The van der Waals surface area contributed by atoms with E-state index in [1.165, 1.54) is 22.8 Å². The predicted molar refractivity (Wildman–Crippen MR) is 141 cm³/mol. The van der Waals surface area contributed by atoms with E-state index in [0.717, 1.165) is 0 Å². The maximum absolute atomic E-state index is 13.0. The Bertz CT molecular complexity index is 1130. The molecule has 0 aliphatic carbocycles. The molecule has 0 bridgehead atoms. The Balaban J connectivity index is 1.92. The van der Waals surface area contributed by atoms with Crippen molar-refractivity contribution >= 4 is 28.5 Å². The zero-order valence-electron chi connectivity index (χ0n) is 20.4. The van der Waals surface area contributed by atoms with Gasteiger partial charge in [0.25, 0.3) is 8.32 Å². The van der Waals surface area contributed by atoms with Gasteiger partial charge < -0.3 is 4.43 Å². The van der Waals surface area contributed by atoms with E-state index in [0.29, 0.717) is 13.0 Å². The number of benzene rings is 2. The first-order chi connectivity index (χ1) is 16.1. The minimum absolute atomic E-state index is 0.141. The molecule has 0 saturated carbocycles. The third-order valence-electron chi connectivity index (χ3n) is 6.23. The quantitative estimate of drug-likeness (QED) is 0.237. The lowest BCUT2D eigenvalue weighted by atomic mass is 10.1. The molecule has 3 rings (SSSR count). The van der Waals surface area contributed by atoms with Crippen LogP contribution in [-0.4, -0.2) is 38.6 Å². The van der Waals surface area contributed by atoms with Crippen LogP contribution in [0.5, 0.6) is 0 Å². The molecular weight excluding hydrogens is 460 g/mol. The molecule has 0 unspecified atom stereocenters. The second-order valence-corrected chi connectivity index (χ2v) is 16.2. The van der Waals surface area contributed by atoms with E-state index in [1.54, 1.807) is 19.1 Å². The van der Waals surface area contributed by atoms with Gasteiger partial charge in [-0.1, -0.05) is 87.5 Å². The Morgan fingerprint density at radius 3 is 1.88 bits per heavy atom. The first kappa shape index (κ1) is 26.0. The van der Waals surface area contributed by atoms with Gasteiger partial charge in [0.1, 0.15) is 0 Å². The third kappa shape index (κ3) is 5.37. The fraction of sp³-hybridized carbons (Fsp3) is 0.333. The van der Waals surface area contributed by atoms with Crippen LogP contribution in [0.25, 0.3) is 0 Å². The zero-order valence-corrected chi connectivity index (χ0v) is 22.2. The molecule has 2 aromatic carbocycles. The first-order valence-corrected chi connectivity index (χ1v) is 15.0. The molecule has 1 aromatic heterocycles. The van der Waals surface area contributed by atoms with Crippen LogP contribution in [0.2, 0.25) is 5.04 Å². The molecule has 7 heteroatoms. The normalized spacial score (nSPS) is 14.4. The van der Waals surface area contributed by atoms with E-state index in [1.807, 2.05) is 12.1 Å². The van der Waals surface area contributed by atoms with Gasteiger partial charge in [-0.25, -0.2) is 18.4 Å². The van der Waals surface area contributed by atoms with E-state index < -0.39 is 23.4 Å². The van der Waals surface area contributed by atoms with Crippen LogP contribution in [0.15, 0.2) is 96.9 Å². The third-order valence-corrected chi connectivity index (χ3v) is 13.2. The van der Waals surface area contributed by atoms with Gasteiger partial charge >= 0.3 is 0 Å². The average Bonchev–Trinajstić information content (AvgIpc) is 2.84. The Morgan fingerprint density at radius 2 is 1.44 bits per heavy atom. The summed E-state index contributed by atoms with van der Waals surface area (Å²) in [6, 6.07) is 22.4. The molecule has 0 spiro atoms. The second kappa shape index (κ2) is 10.8. The smallest absolute Gasteiger partial charge is 0.261 e. The van der Waals surface area contributed by atoms with Crippen molar-refractivity contribution in [3.63, 3.8) is 0 Å².